The van der Waals surface area contributed by atoms with Gasteiger partial charge in [-0.05, 0) is 24.3 Å². The summed E-state index contributed by atoms with van der Waals surface area (Å²) in [5, 5.41) is 11.9. The van der Waals surface area contributed by atoms with E-state index in [1.54, 1.807) is 18.2 Å². The lowest BCUT2D eigenvalue weighted by Crippen LogP contribution is -2.13. The van der Waals surface area contributed by atoms with Gasteiger partial charge in [-0.1, -0.05) is 29.3 Å². The van der Waals surface area contributed by atoms with E-state index in [4.69, 9.17) is 28.5 Å². The van der Waals surface area contributed by atoms with Crippen LogP contribution in [0.1, 0.15) is 16.1 Å². The zero-order chi connectivity index (χ0) is 13.8. The Hall–Kier alpha value is -2.09. The molecule has 0 bridgehead atoms. The normalized spacial score (nSPS) is 9.74. The average molecular weight is 292 g/mol. The van der Waals surface area contributed by atoms with Gasteiger partial charge in [0.1, 0.15) is 11.8 Å². The third kappa shape index (κ3) is 3.02. The summed E-state index contributed by atoms with van der Waals surface area (Å²) in [4.78, 5) is 15.8. The molecule has 0 fully saturated rings. The van der Waals surface area contributed by atoms with Crippen molar-refractivity contribution in [2.24, 2.45) is 0 Å². The van der Waals surface area contributed by atoms with Gasteiger partial charge >= 0.3 is 0 Å². The van der Waals surface area contributed by atoms with E-state index in [2.05, 4.69) is 10.3 Å². The van der Waals surface area contributed by atoms with E-state index < -0.39 is 5.91 Å². The molecule has 0 saturated carbocycles. The molecule has 6 heteroatoms. The lowest BCUT2D eigenvalue weighted by atomic mass is 10.2. The minimum absolute atomic E-state index is 0.190. The molecule has 1 N–H and O–H groups in total. The highest BCUT2D eigenvalue weighted by molar-refractivity contribution is 6.44. The Bertz CT molecular complexity index is 663. The number of nitrogens with one attached hydrogen (secondary N) is 1. The molecule has 2 aromatic rings. The predicted molar refractivity (Wildman–Crippen MR) is 73.4 cm³/mol. The van der Waals surface area contributed by atoms with E-state index in [1.807, 2.05) is 6.07 Å². The molecule has 1 aromatic carbocycles. The largest absolute Gasteiger partial charge is 0.319 e. The zero-order valence-corrected chi connectivity index (χ0v) is 11.0. The van der Waals surface area contributed by atoms with Crippen LogP contribution in [0.2, 0.25) is 10.0 Å². The number of halogens is 2. The summed E-state index contributed by atoms with van der Waals surface area (Å²) in [6.07, 6.45) is 1.33. The SMILES string of the molecule is N#Cc1ccc(C(=O)Nc2cccc(Cl)c2Cl)nc1. The van der Waals surface area contributed by atoms with Gasteiger partial charge in [0.15, 0.2) is 0 Å². The minimum Gasteiger partial charge on any atom is -0.319 e. The van der Waals surface area contributed by atoms with Gasteiger partial charge in [0.05, 0.1) is 21.3 Å². The first-order valence-electron chi connectivity index (χ1n) is 5.23. The molecule has 0 unspecified atom stereocenters. The monoisotopic (exact) mass is 291 g/mol. The molecule has 94 valence electrons. The Kier molecular flexibility index (Phi) is 4.00. The van der Waals surface area contributed by atoms with Crippen LogP contribution < -0.4 is 5.32 Å². The van der Waals surface area contributed by atoms with Crippen LogP contribution in [-0.4, -0.2) is 10.9 Å². The lowest BCUT2D eigenvalue weighted by molar-refractivity contribution is 0.102. The summed E-state index contributed by atoms with van der Waals surface area (Å²) >= 11 is 11.8. The topological polar surface area (TPSA) is 65.8 Å². The highest BCUT2D eigenvalue weighted by atomic mass is 35.5. The minimum atomic E-state index is -0.423. The van der Waals surface area contributed by atoms with Crippen LogP contribution in [0.4, 0.5) is 5.69 Å². The third-order valence-electron chi connectivity index (χ3n) is 2.33. The number of rotatable bonds is 2. The standard InChI is InChI=1S/C13H7Cl2N3O/c14-9-2-1-3-10(12(9)15)18-13(19)11-5-4-8(6-16)7-17-11/h1-5,7H,(H,18,19). The molecular formula is C13H7Cl2N3O. The van der Waals surface area contributed by atoms with Crippen molar-refractivity contribution in [1.82, 2.24) is 4.98 Å². The van der Waals surface area contributed by atoms with Gasteiger partial charge in [0.2, 0.25) is 0 Å². The number of carbonyl (C=O) groups excluding carboxylic acids is 1. The summed E-state index contributed by atoms with van der Waals surface area (Å²) < 4.78 is 0. The molecule has 0 aliphatic carbocycles. The fraction of sp³-hybridized carbons (Fsp3) is 0. The van der Waals surface area contributed by atoms with Gasteiger partial charge in [0, 0.05) is 6.20 Å². The molecule has 1 amide bonds. The van der Waals surface area contributed by atoms with Crippen LogP contribution in [0.25, 0.3) is 0 Å². The number of hydrogen-bond acceptors (Lipinski definition) is 3. The molecule has 0 saturated heterocycles. The van der Waals surface area contributed by atoms with Gasteiger partial charge < -0.3 is 5.32 Å². The van der Waals surface area contributed by atoms with Crippen molar-refractivity contribution >= 4 is 34.8 Å². The number of nitrogens with zero attached hydrogens (tertiary/aromatic N) is 2. The summed E-state index contributed by atoms with van der Waals surface area (Å²) in [5.41, 5.74) is 0.984. The van der Waals surface area contributed by atoms with Crippen molar-refractivity contribution in [3.63, 3.8) is 0 Å². The molecule has 0 spiro atoms. The van der Waals surface area contributed by atoms with Crippen molar-refractivity contribution in [3.8, 4) is 6.07 Å². The smallest absolute Gasteiger partial charge is 0.274 e. The Labute approximate surface area is 119 Å². The lowest BCUT2D eigenvalue weighted by Gasteiger charge is -2.07. The Balaban J connectivity index is 2.21. The van der Waals surface area contributed by atoms with E-state index in [9.17, 15) is 4.79 Å². The van der Waals surface area contributed by atoms with E-state index in [0.717, 1.165) is 0 Å². The zero-order valence-electron chi connectivity index (χ0n) is 9.52. The number of amides is 1. The molecule has 0 atom stereocenters. The quantitative estimate of drug-likeness (QED) is 0.921. The summed E-state index contributed by atoms with van der Waals surface area (Å²) in [6, 6.07) is 9.84. The van der Waals surface area contributed by atoms with Crippen LogP contribution in [0.3, 0.4) is 0 Å². The number of benzene rings is 1. The summed E-state index contributed by atoms with van der Waals surface area (Å²) in [5.74, 6) is -0.423. The van der Waals surface area contributed by atoms with Gasteiger partial charge in [0.25, 0.3) is 5.91 Å². The molecule has 2 rings (SSSR count). The Morgan fingerprint density at radius 2 is 2.05 bits per heavy atom. The number of anilines is 1. The van der Waals surface area contributed by atoms with Gasteiger partial charge in [-0.2, -0.15) is 5.26 Å². The van der Waals surface area contributed by atoms with Crippen molar-refractivity contribution in [2.45, 2.75) is 0 Å². The van der Waals surface area contributed by atoms with Gasteiger partial charge in [-0.15, -0.1) is 0 Å². The molecule has 1 heterocycles. The number of carbonyl (C=O) groups is 1. The highest BCUT2D eigenvalue weighted by Gasteiger charge is 2.11. The van der Waals surface area contributed by atoms with Crippen molar-refractivity contribution in [3.05, 3.63) is 57.8 Å². The molecule has 0 aliphatic heterocycles. The molecule has 1 aromatic heterocycles. The Morgan fingerprint density at radius 1 is 1.26 bits per heavy atom. The van der Waals surface area contributed by atoms with Crippen LogP contribution in [0, 0.1) is 11.3 Å². The molecule has 0 radical (unpaired) electrons. The fourth-order valence-corrected chi connectivity index (χ4v) is 1.73. The fourth-order valence-electron chi connectivity index (χ4n) is 1.38. The van der Waals surface area contributed by atoms with E-state index in [0.29, 0.717) is 16.3 Å². The van der Waals surface area contributed by atoms with Crippen molar-refractivity contribution in [1.29, 1.82) is 5.26 Å². The van der Waals surface area contributed by atoms with E-state index >= 15 is 0 Å². The summed E-state index contributed by atoms with van der Waals surface area (Å²) in [6.45, 7) is 0. The maximum atomic E-state index is 11.9. The summed E-state index contributed by atoms with van der Waals surface area (Å²) in [7, 11) is 0. The number of hydrogen-bond donors (Lipinski definition) is 1. The van der Waals surface area contributed by atoms with Crippen LogP contribution in [-0.2, 0) is 0 Å². The molecule has 19 heavy (non-hydrogen) atoms. The van der Waals surface area contributed by atoms with Gasteiger partial charge in [-0.25, -0.2) is 4.98 Å². The number of nitriles is 1. The Morgan fingerprint density at radius 3 is 2.68 bits per heavy atom. The number of pyridine rings is 1. The first-order chi connectivity index (χ1) is 9.11. The highest BCUT2D eigenvalue weighted by Crippen LogP contribution is 2.29. The maximum Gasteiger partial charge on any atom is 0.274 e. The van der Waals surface area contributed by atoms with E-state index in [1.165, 1.54) is 18.3 Å². The number of aromatic nitrogens is 1. The van der Waals surface area contributed by atoms with E-state index in [-0.39, 0.29) is 10.7 Å². The van der Waals surface area contributed by atoms with Crippen LogP contribution in [0.15, 0.2) is 36.5 Å². The molecular weight excluding hydrogens is 285 g/mol. The maximum absolute atomic E-state index is 11.9. The van der Waals surface area contributed by atoms with Crippen LogP contribution in [0.5, 0.6) is 0 Å². The first kappa shape index (κ1) is 13.3. The predicted octanol–water partition coefficient (Wildman–Crippen LogP) is 3.51. The molecule has 4 nitrogen and oxygen atoms in total. The second kappa shape index (κ2) is 5.70. The van der Waals surface area contributed by atoms with Crippen molar-refractivity contribution in [2.75, 3.05) is 5.32 Å². The first-order valence-corrected chi connectivity index (χ1v) is 5.99. The molecule has 0 aliphatic rings. The third-order valence-corrected chi connectivity index (χ3v) is 3.14. The van der Waals surface area contributed by atoms with Gasteiger partial charge in [-0.3, -0.25) is 4.79 Å². The second-order valence-corrected chi connectivity index (χ2v) is 4.38. The van der Waals surface area contributed by atoms with Crippen LogP contribution >= 0.6 is 23.2 Å². The van der Waals surface area contributed by atoms with Crippen molar-refractivity contribution < 1.29 is 4.79 Å². The average Bonchev–Trinajstić information content (AvgIpc) is 2.44. The second-order valence-electron chi connectivity index (χ2n) is 3.60.